The second-order valence-corrected chi connectivity index (χ2v) is 5.01. The second kappa shape index (κ2) is 4.38. The lowest BCUT2D eigenvalue weighted by atomic mass is 9.87. The zero-order valence-electron chi connectivity index (χ0n) is 10.6. The van der Waals surface area contributed by atoms with Gasteiger partial charge in [-0.1, -0.05) is 17.7 Å². The van der Waals surface area contributed by atoms with Gasteiger partial charge in [-0.05, 0) is 31.9 Å². The van der Waals surface area contributed by atoms with Gasteiger partial charge in [-0.25, -0.2) is 0 Å². The molecule has 0 atom stereocenters. The van der Waals surface area contributed by atoms with E-state index >= 15 is 0 Å². The third kappa shape index (κ3) is 2.27. The van der Waals surface area contributed by atoms with Crippen molar-refractivity contribution in [2.24, 2.45) is 5.41 Å². The van der Waals surface area contributed by atoms with Gasteiger partial charge in [0.1, 0.15) is 5.41 Å². The van der Waals surface area contributed by atoms with Crippen molar-refractivity contribution in [3.8, 4) is 6.07 Å². The van der Waals surface area contributed by atoms with Crippen molar-refractivity contribution in [3.05, 3.63) is 28.8 Å². The minimum Gasteiger partial charge on any atom is -0.383 e. The maximum absolute atomic E-state index is 9.13. The van der Waals surface area contributed by atoms with Crippen LogP contribution in [0.1, 0.15) is 16.7 Å². The lowest BCUT2D eigenvalue weighted by Crippen LogP contribution is -2.46. The molecule has 3 nitrogen and oxygen atoms in total. The zero-order chi connectivity index (χ0) is 12.5. The fourth-order valence-corrected chi connectivity index (χ4v) is 2.27. The predicted octanol–water partition coefficient (Wildman–Crippen LogP) is 2.56. The molecular weight excluding hydrogens is 212 g/mol. The standard InChI is InChI=1S/C14H18N2O/c1-10-4-11(2)13(12(3)5-10)16-7-14(6-15)8-17-9-14/h4-5,16H,7-9H2,1-3H3. The molecule has 0 spiro atoms. The molecule has 1 fully saturated rings. The van der Waals surface area contributed by atoms with E-state index in [2.05, 4.69) is 44.3 Å². The Bertz CT molecular complexity index is 447. The van der Waals surface area contributed by atoms with Gasteiger partial charge in [-0.15, -0.1) is 0 Å². The summed E-state index contributed by atoms with van der Waals surface area (Å²) in [6.45, 7) is 8.03. The van der Waals surface area contributed by atoms with Gasteiger partial charge >= 0.3 is 0 Å². The van der Waals surface area contributed by atoms with E-state index in [1.807, 2.05) is 0 Å². The number of hydrogen-bond donors (Lipinski definition) is 1. The highest BCUT2D eigenvalue weighted by atomic mass is 16.5. The van der Waals surface area contributed by atoms with Crippen LogP contribution < -0.4 is 5.32 Å². The molecule has 1 aromatic carbocycles. The smallest absolute Gasteiger partial charge is 0.121 e. The zero-order valence-corrected chi connectivity index (χ0v) is 10.6. The summed E-state index contributed by atoms with van der Waals surface area (Å²) in [5, 5.41) is 12.5. The first-order chi connectivity index (χ1) is 8.06. The molecule has 1 aliphatic rings. The van der Waals surface area contributed by atoms with E-state index in [1.54, 1.807) is 0 Å². The summed E-state index contributed by atoms with van der Waals surface area (Å²) in [4.78, 5) is 0. The number of benzene rings is 1. The van der Waals surface area contributed by atoms with E-state index in [0.29, 0.717) is 19.8 Å². The molecule has 0 amide bonds. The SMILES string of the molecule is Cc1cc(C)c(NCC2(C#N)COC2)c(C)c1. The average Bonchev–Trinajstić information content (AvgIpc) is 2.19. The molecule has 0 saturated carbocycles. The Morgan fingerprint density at radius 3 is 2.29 bits per heavy atom. The van der Waals surface area contributed by atoms with Crippen molar-refractivity contribution >= 4 is 5.69 Å². The molecule has 1 N–H and O–H groups in total. The first kappa shape index (κ1) is 11.9. The first-order valence-corrected chi connectivity index (χ1v) is 5.87. The minimum atomic E-state index is -0.330. The Kier molecular flexibility index (Phi) is 3.08. The van der Waals surface area contributed by atoms with Crippen molar-refractivity contribution in [2.75, 3.05) is 25.1 Å². The summed E-state index contributed by atoms with van der Waals surface area (Å²) in [6.07, 6.45) is 0. The highest BCUT2D eigenvalue weighted by molar-refractivity contribution is 5.58. The Balaban J connectivity index is 2.12. The largest absolute Gasteiger partial charge is 0.383 e. The maximum Gasteiger partial charge on any atom is 0.121 e. The summed E-state index contributed by atoms with van der Waals surface area (Å²) in [7, 11) is 0. The number of hydrogen-bond acceptors (Lipinski definition) is 3. The second-order valence-electron chi connectivity index (χ2n) is 5.01. The molecule has 0 bridgehead atoms. The van der Waals surface area contributed by atoms with Crippen molar-refractivity contribution < 1.29 is 4.74 Å². The van der Waals surface area contributed by atoms with Crippen molar-refractivity contribution in [3.63, 3.8) is 0 Å². The monoisotopic (exact) mass is 230 g/mol. The first-order valence-electron chi connectivity index (χ1n) is 5.87. The minimum absolute atomic E-state index is 0.330. The fraction of sp³-hybridized carbons (Fsp3) is 0.500. The third-order valence-electron chi connectivity index (χ3n) is 3.27. The molecule has 1 aliphatic heterocycles. The number of nitrogens with zero attached hydrogens (tertiary/aromatic N) is 1. The highest BCUT2D eigenvalue weighted by Gasteiger charge is 2.38. The van der Waals surface area contributed by atoms with Crippen LogP contribution in [0, 0.1) is 37.5 Å². The van der Waals surface area contributed by atoms with Gasteiger partial charge < -0.3 is 10.1 Å². The van der Waals surface area contributed by atoms with Crippen LogP contribution in [0.25, 0.3) is 0 Å². The molecule has 1 saturated heterocycles. The molecule has 90 valence electrons. The molecule has 1 aromatic rings. The topological polar surface area (TPSA) is 45.0 Å². The van der Waals surface area contributed by atoms with Gasteiger partial charge in [0.2, 0.25) is 0 Å². The Morgan fingerprint density at radius 1 is 1.29 bits per heavy atom. The molecule has 0 aliphatic carbocycles. The summed E-state index contributed by atoms with van der Waals surface area (Å²) >= 11 is 0. The van der Waals surface area contributed by atoms with Crippen LogP contribution in [0.4, 0.5) is 5.69 Å². The number of rotatable bonds is 3. The van der Waals surface area contributed by atoms with Gasteiger partial charge in [0, 0.05) is 12.2 Å². The van der Waals surface area contributed by atoms with Crippen molar-refractivity contribution in [1.29, 1.82) is 5.26 Å². The van der Waals surface area contributed by atoms with Crippen LogP contribution in [0.2, 0.25) is 0 Å². The fourth-order valence-electron chi connectivity index (χ4n) is 2.27. The van der Waals surface area contributed by atoms with E-state index < -0.39 is 0 Å². The van der Waals surface area contributed by atoms with E-state index in [9.17, 15) is 0 Å². The van der Waals surface area contributed by atoms with E-state index in [1.165, 1.54) is 16.7 Å². The van der Waals surface area contributed by atoms with Crippen LogP contribution in [0.3, 0.4) is 0 Å². The van der Waals surface area contributed by atoms with Crippen LogP contribution >= 0.6 is 0 Å². The number of anilines is 1. The lowest BCUT2D eigenvalue weighted by molar-refractivity contribution is -0.0690. The molecule has 0 aromatic heterocycles. The van der Waals surface area contributed by atoms with Gasteiger partial charge in [0.05, 0.1) is 19.3 Å². The summed E-state index contributed by atoms with van der Waals surface area (Å²) in [6, 6.07) is 6.66. The quantitative estimate of drug-likeness (QED) is 0.868. The third-order valence-corrected chi connectivity index (χ3v) is 3.27. The summed E-state index contributed by atoms with van der Waals surface area (Å²) in [5.74, 6) is 0. The molecule has 3 heteroatoms. The number of nitriles is 1. The van der Waals surface area contributed by atoms with Gasteiger partial charge in [0.15, 0.2) is 0 Å². The van der Waals surface area contributed by atoms with Crippen LogP contribution in [0.5, 0.6) is 0 Å². The van der Waals surface area contributed by atoms with E-state index in [0.717, 1.165) is 5.69 Å². The summed E-state index contributed by atoms with van der Waals surface area (Å²) < 4.78 is 5.13. The van der Waals surface area contributed by atoms with E-state index in [4.69, 9.17) is 10.00 Å². The number of ether oxygens (including phenoxy) is 1. The lowest BCUT2D eigenvalue weighted by Gasteiger charge is -2.35. The van der Waals surface area contributed by atoms with Crippen LogP contribution in [0.15, 0.2) is 12.1 Å². The van der Waals surface area contributed by atoms with E-state index in [-0.39, 0.29) is 5.41 Å². The Hall–Kier alpha value is -1.53. The van der Waals surface area contributed by atoms with Crippen molar-refractivity contribution in [2.45, 2.75) is 20.8 Å². The number of aryl methyl sites for hydroxylation is 3. The average molecular weight is 230 g/mol. The van der Waals surface area contributed by atoms with Crippen LogP contribution in [-0.2, 0) is 4.74 Å². The molecule has 17 heavy (non-hydrogen) atoms. The van der Waals surface area contributed by atoms with Gasteiger partial charge in [-0.3, -0.25) is 0 Å². The van der Waals surface area contributed by atoms with Gasteiger partial charge in [-0.2, -0.15) is 5.26 Å². The normalized spacial score (nSPS) is 17.1. The molecule has 0 unspecified atom stereocenters. The summed E-state index contributed by atoms with van der Waals surface area (Å²) in [5.41, 5.74) is 4.56. The predicted molar refractivity (Wildman–Crippen MR) is 68.0 cm³/mol. The molecule has 0 radical (unpaired) electrons. The molecule has 2 rings (SSSR count). The highest BCUT2D eigenvalue weighted by Crippen LogP contribution is 2.29. The van der Waals surface area contributed by atoms with Gasteiger partial charge in [0.25, 0.3) is 0 Å². The molecule has 1 heterocycles. The van der Waals surface area contributed by atoms with Crippen LogP contribution in [-0.4, -0.2) is 19.8 Å². The van der Waals surface area contributed by atoms with Crippen molar-refractivity contribution in [1.82, 2.24) is 0 Å². The Labute approximate surface area is 102 Å². The molecular formula is C14H18N2O. The number of nitrogens with one attached hydrogen (secondary N) is 1. The maximum atomic E-state index is 9.13. The Morgan fingerprint density at radius 2 is 1.88 bits per heavy atom.